The molecule has 0 atom stereocenters. The molecule has 8 heteroatoms. The number of halogens is 1. The second-order valence-electron chi connectivity index (χ2n) is 8.22. The van der Waals surface area contributed by atoms with Crippen molar-refractivity contribution in [2.75, 3.05) is 11.1 Å². The summed E-state index contributed by atoms with van der Waals surface area (Å²) in [7, 11) is 0. The molecule has 0 spiro atoms. The number of ether oxygens (including phenoxy) is 1. The third kappa shape index (κ3) is 6.51. The molecule has 180 valence electrons. The molecule has 0 bridgehead atoms. The summed E-state index contributed by atoms with van der Waals surface area (Å²) in [4.78, 5) is 12.7. The lowest BCUT2D eigenvalue weighted by atomic mass is 10.0. The summed E-state index contributed by atoms with van der Waals surface area (Å²) in [6.07, 6.45) is 2.65. The number of rotatable bonds is 11. The van der Waals surface area contributed by atoms with E-state index >= 15 is 0 Å². The van der Waals surface area contributed by atoms with Gasteiger partial charge in [-0.05, 0) is 54.2 Å². The number of hydrogen-bond donors (Lipinski definition) is 1. The Balaban J connectivity index is 1.69. The number of allylic oxidation sites excluding steroid dienone is 1. The van der Waals surface area contributed by atoms with Crippen molar-refractivity contribution in [1.82, 2.24) is 14.8 Å². The van der Waals surface area contributed by atoms with E-state index in [0.717, 1.165) is 39.0 Å². The second kappa shape index (κ2) is 12.2. The van der Waals surface area contributed by atoms with Crippen molar-refractivity contribution < 1.29 is 9.53 Å². The molecule has 34 heavy (non-hydrogen) atoms. The lowest BCUT2D eigenvalue weighted by Crippen LogP contribution is -2.17. The van der Waals surface area contributed by atoms with Gasteiger partial charge in [-0.25, -0.2) is 0 Å². The first-order chi connectivity index (χ1) is 16.3. The number of para-hydroxylation sites is 1. The van der Waals surface area contributed by atoms with E-state index < -0.39 is 0 Å². The van der Waals surface area contributed by atoms with Crippen LogP contribution in [0.5, 0.6) is 5.75 Å². The molecule has 1 amide bonds. The summed E-state index contributed by atoms with van der Waals surface area (Å²) >= 11 is 4.88. The van der Waals surface area contributed by atoms with Gasteiger partial charge in [-0.2, -0.15) is 0 Å². The Morgan fingerprint density at radius 1 is 1.29 bits per heavy atom. The van der Waals surface area contributed by atoms with Crippen LogP contribution in [0, 0.1) is 6.92 Å². The number of amides is 1. The molecule has 0 unspecified atom stereocenters. The van der Waals surface area contributed by atoms with Crippen LogP contribution in [0.3, 0.4) is 0 Å². The zero-order valence-corrected chi connectivity index (χ0v) is 22.5. The molecule has 2 aromatic carbocycles. The van der Waals surface area contributed by atoms with Crippen LogP contribution >= 0.6 is 27.7 Å². The Morgan fingerprint density at radius 3 is 2.79 bits per heavy atom. The van der Waals surface area contributed by atoms with Gasteiger partial charge in [0.1, 0.15) is 12.4 Å². The molecule has 3 aromatic rings. The number of benzene rings is 2. The van der Waals surface area contributed by atoms with Gasteiger partial charge in [0.25, 0.3) is 0 Å². The number of anilines is 1. The lowest BCUT2D eigenvalue weighted by molar-refractivity contribution is -0.113. The highest BCUT2D eigenvalue weighted by Crippen LogP contribution is 2.30. The maximum Gasteiger partial charge on any atom is 0.234 e. The van der Waals surface area contributed by atoms with Gasteiger partial charge in [0.05, 0.1) is 5.75 Å². The quantitative estimate of drug-likeness (QED) is 0.220. The molecule has 3 rings (SSSR count). The van der Waals surface area contributed by atoms with Crippen LogP contribution in [-0.4, -0.2) is 26.4 Å². The van der Waals surface area contributed by atoms with Gasteiger partial charge in [-0.3, -0.25) is 9.36 Å². The van der Waals surface area contributed by atoms with Crippen molar-refractivity contribution in [1.29, 1.82) is 0 Å². The number of thioether (sulfide) groups is 1. The van der Waals surface area contributed by atoms with Crippen molar-refractivity contribution in [3.05, 3.63) is 76.0 Å². The molecule has 1 aromatic heterocycles. The van der Waals surface area contributed by atoms with Gasteiger partial charge in [0, 0.05) is 16.7 Å². The third-order valence-electron chi connectivity index (χ3n) is 5.39. The van der Waals surface area contributed by atoms with Crippen LogP contribution in [0.1, 0.15) is 49.2 Å². The average molecular weight is 544 g/mol. The number of aromatic nitrogens is 3. The van der Waals surface area contributed by atoms with E-state index in [4.69, 9.17) is 4.74 Å². The highest BCUT2D eigenvalue weighted by molar-refractivity contribution is 9.10. The van der Waals surface area contributed by atoms with E-state index in [2.05, 4.69) is 64.9 Å². The van der Waals surface area contributed by atoms with Crippen LogP contribution in [0.15, 0.2) is 58.7 Å². The fourth-order valence-corrected chi connectivity index (χ4v) is 4.74. The molecule has 0 fully saturated rings. The molecule has 1 N–H and O–H groups in total. The monoisotopic (exact) mass is 542 g/mol. The molecule has 0 saturated heterocycles. The van der Waals surface area contributed by atoms with Crippen molar-refractivity contribution in [2.24, 2.45) is 0 Å². The van der Waals surface area contributed by atoms with Gasteiger partial charge in [0.2, 0.25) is 5.91 Å². The summed E-state index contributed by atoms with van der Waals surface area (Å²) < 4.78 is 9.07. The normalized spacial score (nSPS) is 11.0. The number of nitrogens with one attached hydrogen (secondary N) is 1. The molecule has 0 radical (unpaired) electrons. The fraction of sp³-hybridized carbons (Fsp3) is 0.346. The Hall–Kier alpha value is -2.58. The third-order valence-corrected chi connectivity index (χ3v) is 6.85. The van der Waals surface area contributed by atoms with Crippen molar-refractivity contribution in [2.45, 2.75) is 58.3 Å². The molecular formula is C26H31BrN4O2S. The van der Waals surface area contributed by atoms with Gasteiger partial charge in [-0.15, -0.1) is 16.8 Å². The second-order valence-corrected chi connectivity index (χ2v) is 10.1. The molecule has 0 saturated carbocycles. The van der Waals surface area contributed by atoms with E-state index in [9.17, 15) is 4.79 Å². The summed E-state index contributed by atoms with van der Waals surface area (Å²) in [6.45, 7) is 13.0. The molecule has 0 aliphatic heterocycles. The van der Waals surface area contributed by atoms with E-state index in [0.29, 0.717) is 23.4 Å². The fourth-order valence-electron chi connectivity index (χ4n) is 3.60. The van der Waals surface area contributed by atoms with Crippen LogP contribution in [0.2, 0.25) is 0 Å². The van der Waals surface area contributed by atoms with Crippen molar-refractivity contribution in [3.63, 3.8) is 0 Å². The zero-order chi connectivity index (χ0) is 24.7. The Kier molecular flexibility index (Phi) is 9.36. The highest BCUT2D eigenvalue weighted by atomic mass is 79.9. The first-order valence-corrected chi connectivity index (χ1v) is 13.1. The van der Waals surface area contributed by atoms with Gasteiger partial charge in [-0.1, -0.05) is 72.7 Å². The number of hydrogen-bond acceptors (Lipinski definition) is 5. The van der Waals surface area contributed by atoms with Crippen LogP contribution in [-0.2, 0) is 24.4 Å². The van der Waals surface area contributed by atoms with Gasteiger partial charge >= 0.3 is 0 Å². The summed E-state index contributed by atoms with van der Waals surface area (Å²) in [5, 5.41) is 12.4. The Morgan fingerprint density at radius 2 is 2.09 bits per heavy atom. The maximum absolute atomic E-state index is 12.7. The van der Waals surface area contributed by atoms with E-state index in [1.54, 1.807) is 6.08 Å². The number of carbonyl (C=O) groups excluding carboxylic acids is 1. The lowest BCUT2D eigenvalue weighted by Gasteiger charge is -2.15. The summed E-state index contributed by atoms with van der Waals surface area (Å²) in [5.41, 5.74) is 4.20. The van der Waals surface area contributed by atoms with Crippen molar-refractivity contribution in [3.8, 4) is 5.75 Å². The number of aryl methyl sites for hydroxylation is 2. The number of carbonyl (C=O) groups is 1. The van der Waals surface area contributed by atoms with E-state index in [-0.39, 0.29) is 18.3 Å². The summed E-state index contributed by atoms with van der Waals surface area (Å²) in [6, 6.07) is 12.1. The first-order valence-electron chi connectivity index (χ1n) is 11.3. The number of nitrogens with zero attached hydrogens (tertiary/aromatic N) is 3. The van der Waals surface area contributed by atoms with Crippen LogP contribution < -0.4 is 10.1 Å². The molecule has 0 aliphatic carbocycles. The maximum atomic E-state index is 12.7. The minimum Gasteiger partial charge on any atom is -0.485 e. The van der Waals surface area contributed by atoms with Crippen LogP contribution in [0.4, 0.5) is 5.69 Å². The average Bonchev–Trinajstić information content (AvgIpc) is 3.19. The molecular weight excluding hydrogens is 512 g/mol. The van der Waals surface area contributed by atoms with E-state index in [1.165, 1.54) is 11.8 Å². The smallest absolute Gasteiger partial charge is 0.234 e. The standard InChI is InChI=1S/C26H31BrN4O2S/c1-6-13-31-23(15-33-22-12-11-20(27)14-21(22)17(3)4)29-30-26(31)34-16-24(32)28-25-18(5)9-8-10-19(25)7-2/h6,8-12,14,17H,1,7,13,15-16H2,2-5H3,(H,28,32). The highest BCUT2D eigenvalue weighted by Gasteiger charge is 2.16. The van der Waals surface area contributed by atoms with Gasteiger partial charge in [0.15, 0.2) is 11.0 Å². The Bertz CT molecular complexity index is 1160. The minimum atomic E-state index is -0.0728. The van der Waals surface area contributed by atoms with Crippen LogP contribution in [0.25, 0.3) is 0 Å². The predicted molar refractivity (Wildman–Crippen MR) is 143 cm³/mol. The molecule has 6 nitrogen and oxygen atoms in total. The largest absolute Gasteiger partial charge is 0.485 e. The zero-order valence-electron chi connectivity index (χ0n) is 20.1. The van der Waals surface area contributed by atoms with E-state index in [1.807, 2.05) is 41.8 Å². The first kappa shape index (κ1) is 26.0. The van der Waals surface area contributed by atoms with Gasteiger partial charge < -0.3 is 10.1 Å². The topological polar surface area (TPSA) is 69.0 Å². The molecule has 1 heterocycles. The molecule has 0 aliphatic rings. The SMILES string of the molecule is C=CCn1c(COc2ccc(Br)cc2C(C)C)nnc1SCC(=O)Nc1c(C)cccc1CC. The predicted octanol–water partition coefficient (Wildman–Crippen LogP) is 6.53. The Labute approximate surface area is 214 Å². The summed E-state index contributed by atoms with van der Waals surface area (Å²) in [5.74, 6) is 2.00. The van der Waals surface area contributed by atoms with Crippen molar-refractivity contribution >= 4 is 39.3 Å². The minimum absolute atomic E-state index is 0.0728.